The molecule has 1 aromatic rings. The van der Waals surface area contributed by atoms with E-state index in [0.717, 1.165) is 31.3 Å². The molecule has 1 aromatic carbocycles. The van der Waals surface area contributed by atoms with Gasteiger partial charge in [-0.3, -0.25) is 0 Å². The summed E-state index contributed by atoms with van der Waals surface area (Å²) in [5.41, 5.74) is 0. The van der Waals surface area contributed by atoms with Crippen molar-refractivity contribution < 1.29 is 19.5 Å². The van der Waals surface area contributed by atoms with Crippen molar-refractivity contribution in [3.8, 4) is 5.75 Å². The summed E-state index contributed by atoms with van der Waals surface area (Å²) in [6.07, 6.45) is 2.13. The first-order valence-corrected chi connectivity index (χ1v) is 8.49. The molecule has 0 aromatic heterocycles. The minimum absolute atomic E-state index is 0.378. The Balaban J connectivity index is 1.51. The average Bonchev–Trinajstić information content (AvgIpc) is 2.51. The van der Waals surface area contributed by atoms with Crippen LogP contribution in [0.1, 0.15) is 19.8 Å². The van der Waals surface area contributed by atoms with E-state index in [1.165, 1.54) is 17.7 Å². The van der Waals surface area contributed by atoms with Crippen LogP contribution in [0, 0.1) is 5.92 Å². The number of halogens is 1. The van der Waals surface area contributed by atoms with Gasteiger partial charge in [0.2, 0.25) is 0 Å². The molecule has 1 aliphatic heterocycles. The van der Waals surface area contributed by atoms with Gasteiger partial charge in [-0.2, -0.15) is 0 Å². The monoisotopic (exact) mass is 328 g/mol. The smallest absolute Gasteiger partial charge is 0.126 e. The first kappa shape index (κ1) is 17.5. The highest BCUT2D eigenvalue weighted by Gasteiger charge is 2.21. The van der Waals surface area contributed by atoms with Crippen LogP contribution in [0.2, 0.25) is 5.02 Å². The lowest BCUT2D eigenvalue weighted by atomic mass is 9.99. The number of hydrogen-bond acceptors (Lipinski definition) is 3. The molecule has 0 bridgehead atoms. The van der Waals surface area contributed by atoms with Crippen LogP contribution in [-0.2, 0) is 4.74 Å². The zero-order chi connectivity index (χ0) is 15.8. The maximum Gasteiger partial charge on any atom is 0.126 e. The summed E-state index contributed by atoms with van der Waals surface area (Å²) in [5.74, 6) is 1.61. The van der Waals surface area contributed by atoms with Gasteiger partial charge in [0, 0.05) is 5.02 Å². The molecule has 5 heteroatoms. The number of aliphatic hydroxyl groups excluding tert-OH is 1. The van der Waals surface area contributed by atoms with Crippen LogP contribution in [0.3, 0.4) is 0 Å². The SMILES string of the molecule is CC1CC[NH+](C[C@H](O)COCCOc2ccc(Cl)cc2)CC1. The normalized spacial score (nSPS) is 23.2. The second kappa shape index (κ2) is 9.36. The van der Waals surface area contributed by atoms with Crippen molar-refractivity contribution in [2.75, 3.05) is 39.5 Å². The lowest BCUT2D eigenvalue weighted by Gasteiger charge is -2.28. The molecule has 22 heavy (non-hydrogen) atoms. The van der Waals surface area contributed by atoms with Gasteiger partial charge in [0.1, 0.15) is 25.0 Å². The summed E-state index contributed by atoms with van der Waals surface area (Å²) in [5, 5.41) is 10.7. The van der Waals surface area contributed by atoms with Crippen LogP contribution < -0.4 is 9.64 Å². The van der Waals surface area contributed by atoms with Gasteiger partial charge in [0.05, 0.1) is 26.3 Å². The molecule has 0 aliphatic carbocycles. The summed E-state index contributed by atoms with van der Waals surface area (Å²) in [4.78, 5) is 1.49. The Morgan fingerprint density at radius 3 is 2.59 bits per heavy atom. The molecule has 1 heterocycles. The van der Waals surface area contributed by atoms with Gasteiger partial charge in [-0.25, -0.2) is 0 Å². The molecule has 1 aliphatic rings. The van der Waals surface area contributed by atoms with E-state index in [9.17, 15) is 5.11 Å². The predicted molar refractivity (Wildman–Crippen MR) is 87.7 cm³/mol. The Kier molecular flexibility index (Phi) is 7.46. The predicted octanol–water partition coefficient (Wildman–Crippen LogP) is 1.41. The topological polar surface area (TPSA) is 43.1 Å². The van der Waals surface area contributed by atoms with Crippen molar-refractivity contribution >= 4 is 11.6 Å². The largest absolute Gasteiger partial charge is 0.491 e. The van der Waals surface area contributed by atoms with Crippen molar-refractivity contribution in [3.63, 3.8) is 0 Å². The van der Waals surface area contributed by atoms with E-state index in [0.29, 0.717) is 24.8 Å². The number of aliphatic hydroxyl groups is 1. The van der Waals surface area contributed by atoms with Crippen LogP contribution in [0.4, 0.5) is 0 Å². The Bertz CT molecular complexity index is 418. The number of quaternary nitrogens is 1. The fraction of sp³-hybridized carbons (Fsp3) is 0.647. The molecule has 2 rings (SSSR count). The summed E-state index contributed by atoms with van der Waals surface area (Å²) < 4.78 is 11.0. The number of benzene rings is 1. The van der Waals surface area contributed by atoms with Gasteiger partial charge in [-0.15, -0.1) is 0 Å². The maximum absolute atomic E-state index is 10.0. The van der Waals surface area contributed by atoms with Crippen molar-refractivity contribution in [1.29, 1.82) is 0 Å². The number of hydrogen-bond donors (Lipinski definition) is 2. The van der Waals surface area contributed by atoms with Gasteiger partial charge >= 0.3 is 0 Å². The second-order valence-electron chi connectivity index (χ2n) is 6.17. The molecule has 2 N–H and O–H groups in total. The molecule has 1 fully saturated rings. The molecule has 0 unspecified atom stereocenters. The van der Waals surface area contributed by atoms with E-state index in [1.54, 1.807) is 12.1 Å². The highest BCUT2D eigenvalue weighted by molar-refractivity contribution is 6.30. The summed E-state index contributed by atoms with van der Waals surface area (Å²) in [6, 6.07) is 7.25. The quantitative estimate of drug-likeness (QED) is 0.709. The highest BCUT2D eigenvalue weighted by Crippen LogP contribution is 2.15. The zero-order valence-corrected chi connectivity index (χ0v) is 14.0. The Morgan fingerprint density at radius 2 is 1.91 bits per heavy atom. The van der Waals surface area contributed by atoms with Crippen molar-refractivity contribution in [2.45, 2.75) is 25.9 Å². The highest BCUT2D eigenvalue weighted by atomic mass is 35.5. The third-order valence-electron chi connectivity index (χ3n) is 4.13. The summed E-state index contributed by atoms with van der Waals surface area (Å²) in [7, 11) is 0. The van der Waals surface area contributed by atoms with E-state index in [4.69, 9.17) is 21.1 Å². The molecule has 1 atom stereocenters. The summed E-state index contributed by atoms with van der Waals surface area (Å²) >= 11 is 5.81. The van der Waals surface area contributed by atoms with Crippen LogP contribution in [-0.4, -0.2) is 50.7 Å². The molecular formula is C17H27ClNO3+. The molecule has 0 amide bonds. The minimum atomic E-state index is -0.390. The van der Waals surface area contributed by atoms with Gasteiger partial charge in [0.25, 0.3) is 0 Å². The summed E-state index contributed by atoms with van der Waals surface area (Å²) in [6.45, 7) is 6.75. The second-order valence-corrected chi connectivity index (χ2v) is 6.60. The van der Waals surface area contributed by atoms with Crippen molar-refractivity contribution in [3.05, 3.63) is 29.3 Å². The van der Waals surface area contributed by atoms with E-state index in [2.05, 4.69) is 6.92 Å². The van der Waals surface area contributed by atoms with Crippen LogP contribution >= 0.6 is 11.6 Å². The Hall–Kier alpha value is -0.810. The number of nitrogens with one attached hydrogen (secondary N) is 1. The van der Waals surface area contributed by atoms with E-state index >= 15 is 0 Å². The van der Waals surface area contributed by atoms with E-state index < -0.39 is 0 Å². The van der Waals surface area contributed by atoms with Gasteiger partial charge in [-0.05, 0) is 43.0 Å². The van der Waals surface area contributed by atoms with Gasteiger partial charge in [0.15, 0.2) is 0 Å². The van der Waals surface area contributed by atoms with Crippen LogP contribution in [0.5, 0.6) is 5.75 Å². The molecule has 4 nitrogen and oxygen atoms in total. The van der Waals surface area contributed by atoms with Crippen molar-refractivity contribution in [2.24, 2.45) is 5.92 Å². The number of rotatable bonds is 8. The molecule has 0 spiro atoms. The molecule has 0 radical (unpaired) electrons. The Morgan fingerprint density at radius 1 is 1.23 bits per heavy atom. The Labute approximate surface area is 138 Å². The standard InChI is InChI=1S/C17H26ClNO3/c1-14-6-8-19(9-7-14)12-16(20)13-21-10-11-22-17-4-2-15(18)3-5-17/h2-5,14,16,20H,6-13H2,1H3/p+1/t16-/m0/s1. The number of ether oxygens (including phenoxy) is 2. The van der Waals surface area contributed by atoms with Crippen molar-refractivity contribution in [1.82, 2.24) is 0 Å². The molecule has 0 saturated carbocycles. The number of piperidine rings is 1. The van der Waals surface area contributed by atoms with E-state index in [1.807, 2.05) is 12.1 Å². The van der Waals surface area contributed by atoms with Gasteiger partial charge < -0.3 is 19.5 Å². The molecule has 124 valence electrons. The van der Waals surface area contributed by atoms with E-state index in [-0.39, 0.29) is 6.10 Å². The lowest BCUT2D eigenvalue weighted by Crippen LogP contribution is -3.14. The third-order valence-corrected chi connectivity index (χ3v) is 4.38. The third kappa shape index (κ3) is 6.53. The minimum Gasteiger partial charge on any atom is -0.491 e. The maximum atomic E-state index is 10.0. The molecular weight excluding hydrogens is 302 g/mol. The lowest BCUT2D eigenvalue weighted by molar-refractivity contribution is -0.909. The van der Waals surface area contributed by atoms with Gasteiger partial charge in [-0.1, -0.05) is 18.5 Å². The fourth-order valence-corrected chi connectivity index (χ4v) is 2.86. The van der Waals surface area contributed by atoms with Crippen LogP contribution in [0.25, 0.3) is 0 Å². The number of likely N-dealkylation sites (tertiary alicyclic amines) is 1. The van der Waals surface area contributed by atoms with Crippen LogP contribution in [0.15, 0.2) is 24.3 Å². The first-order chi connectivity index (χ1) is 10.6. The zero-order valence-electron chi connectivity index (χ0n) is 13.3. The molecule has 1 saturated heterocycles. The fourth-order valence-electron chi connectivity index (χ4n) is 2.74. The average molecular weight is 329 g/mol. The first-order valence-electron chi connectivity index (χ1n) is 8.11.